The van der Waals surface area contributed by atoms with Crippen LogP contribution in [0.5, 0.6) is 0 Å². The number of hydrogen-bond acceptors (Lipinski definition) is 10. The first kappa shape index (κ1) is 4440. The van der Waals surface area contributed by atoms with Crippen LogP contribution < -0.4 is 61.5 Å². The molecule has 0 saturated heterocycles. The highest BCUT2D eigenvalue weighted by atomic mass is 14.0. The Kier molecular flexibility index (Phi) is 1380000. The zero-order valence-electron chi connectivity index (χ0n) is 7.07. The summed E-state index contributed by atoms with van der Waals surface area (Å²) in [4.78, 5) is 0. The van der Waals surface area contributed by atoms with Gasteiger partial charge in [0.2, 0.25) is 0 Å². The molecular formula is H30N10. The minimum absolute atomic E-state index is 0. The Balaban J connectivity index is 0. The van der Waals surface area contributed by atoms with Crippen LogP contribution in [0.15, 0.2) is 0 Å². The third-order valence-electron chi connectivity index (χ3n) is 0. The molecule has 0 bridgehead atoms. The second-order valence-corrected chi connectivity index (χ2v) is 0. The molecule has 0 amide bonds. The van der Waals surface area contributed by atoms with E-state index < -0.39 is 0 Å². The summed E-state index contributed by atoms with van der Waals surface area (Å²) in [5.41, 5.74) is 0. The van der Waals surface area contributed by atoms with Crippen molar-refractivity contribution < 1.29 is 0 Å². The lowest BCUT2D eigenvalue weighted by atomic mass is 14.0. The van der Waals surface area contributed by atoms with Crippen LogP contribution in [0.25, 0.3) is 0 Å². The number of hydrogen-bond donors (Lipinski definition) is 10. The molecule has 0 radical (unpaired) electrons. The Hall–Kier alpha value is -0.400. The van der Waals surface area contributed by atoms with E-state index >= 15 is 0 Å². The average molecular weight is 170 g/mol. The van der Waals surface area contributed by atoms with Gasteiger partial charge in [0.15, 0.2) is 0 Å². The summed E-state index contributed by atoms with van der Waals surface area (Å²) in [7, 11) is 0. The molecule has 0 heterocycles. The van der Waals surface area contributed by atoms with Gasteiger partial charge in [-0.25, -0.2) is 0 Å². The maximum atomic E-state index is 0. The summed E-state index contributed by atoms with van der Waals surface area (Å²) in [5, 5.41) is 0. The van der Waals surface area contributed by atoms with Crippen molar-refractivity contribution in [3.8, 4) is 0 Å². The minimum Gasteiger partial charge on any atom is -0.344 e. The second-order valence-electron chi connectivity index (χ2n) is 0. The van der Waals surface area contributed by atoms with E-state index in [0.29, 0.717) is 0 Å². The SMILES string of the molecule is N.N.N.N.N.N.N.N.N.N. The van der Waals surface area contributed by atoms with Gasteiger partial charge in [-0.1, -0.05) is 0 Å². The first-order valence-electron chi connectivity index (χ1n) is 0. The molecule has 10 nitrogen and oxygen atoms in total. The quantitative estimate of drug-likeness (QED) is 0.250. The smallest absolute Gasteiger partial charge is 0.344 e. The summed E-state index contributed by atoms with van der Waals surface area (Å²) in [6.45, 7) is 0. The molecule has 0 aromatic heterocycles. The van der Waals surface area contributed by atoms with E-state index in [9.17, 15) is 0 Å². The van der Waals surface area contributed by atoms with Gasteiger partial charge in [-0.2, -0.15) is 0 Å². The van der Waals surface area contributed by atoms with E-state index in [1.54, 1.807) is 0 Å². The molecule has 0 spiro atoms. The summed E-state index contributed by atoms with van der Waals surface area (Å²) in [6, 6.07) is 0. The molecule has 0 aromatic rings. The molecule has 0 saturated carbocycles. The third-order valence-corrected chi connectivity index (χ3v) is 0. The predicted molar refractivity (Wildman–Crippen MR) is 50.2 cm³/mol. The number of rotatable bonds is 0. The van der Waals surface area contributed by atoms with Crippen molar-refractivity contribution in [2.75, 3.05) is 0 Å². The molecular weight excluding hydrogens is 140 g/mol. The second kappa shape index (κ2) is 3100. The van der Waals surface area contributed by atoms with Crippen LogP contribution in [-0.4, -0.2) is 0 Å². The standard InChI is InChI=1S/10H3N/h10*1H3. The molecule has 80 valence electrons. The predicted octanol–water partition coefficient (Wildman–Crippen LogP) is 1.62. The Labute approximate surface area is 62.7 Å². The van der Waals surface area contributed by atoms with E-state index in [-0.39, 0.29) is 61.5 Å². The summed E-state index contributed by atoms with van der Waals surface area (Å²) in [6.07, 6.45) is 0. The molecule has 10 heteroatoms. The zero-order chi connectivity index (χ0) is 0. The maximum absolute atomic E-state index is 0. The normalized spacial score (nSPS) is 0. The van der Waals surface area contributed by atoms with E-state index in [1.807, 2.05) is 0 Å². The average Bonchev–Trinajstić information content (AvgIpc) is 0. The topological polar surface area (TPSA) is 350 Å². The van der Waals surface area contributed by atoms with Crippen molar-refractivity contribution in [2.24, 2.45) is 0 Å². The van der Waals surface area contributed by atoms with Gasteiger partial charge in [0.05, 0.1) is 0 Å². The minimum atomic E-state index is 0. The van der Waals surface area contributed by atoms with Gasteiger partial charge in [0, 0.05) is 0 Å². The van der Waals surface area contributed by atoms with Gasteiger partial charge < -0.3 is 61.5 Å². The van der Waals surface area contributed by atoms with Crippen LogP contribution in [0, 0.1) is 0 Å². The van der Waals surface area contributed by atoms with Crippen LogP contribution in [0.3, 0.4) is 0 Å². The molecule has 0 aliphatic rings. The van der Waals surface area contributed by atoms with Crippen molar-refractivity contribution in [3.05, 3.63) is 0 Å². The molecule has 0 rings (SSSR count). The summed E-state index contributed by atoms with van der Waals surface area (Å²) >= 11 is 0. The summed E-state index contributed by atoms with van der Waals surface area (Å²) < 4.78 is 0. The molecule has 0 fully saturated rings. The Morgan fingerprint density at radius 3 is 0.100 bits per heavy atom. The van der Waals surface area contributed by atoms with Crippen LogP contribution >= 0.6 is 0 Å². The van der Waals surface area contributed by atoms with Crippen molar-refractivity contribution >= 4 is 0 Å². The highest BCUT2D eigenvalue weighted by molar-refractivity contribution is 2.14. The Bertz CT molecular complexity index is 0. The first-order valence-corrected chi connectivity index (χ1v) is 0. The lowest BCUT2D eigenvalue weighted by molar-refractivity contribution is 2.13. The zero-order valence-corrected chi connectivity index (χ0v) is 7.07. The highest BCUT2D eigenvalue weighted by Crippen LogP contribution is -0.472. The summed E-state index contributed by atoms with van der Waals surface area (Å²) in [5.74, 6) is 0. The lowest BCUT2D eigenvalue weighted by Gasteiger charge is -0.345. The fraction of sp³-hybridized carbons (Fsp3) is 0. The maximum Gasteiger partial charge on any atom is -0.344 e. The lowest BCUT2D eigenvalue weighted by Crippen LogP contribution is -0.482. The van der Waals surface area contributed by atoms with Gasteiger partial charge in [-0.3, -0.25) is 0 Å². The van der Waals surface area contributed by atoms with Crippen LogP contribution in [0.1, 0.15) is 0 Å². The van der Waals surface area contributed by atoms with Crippen molar-refractivity contribution in [1.29, 1.82) is 0 Å². The Morgan fingerprint density at radius 2 is 0.100 bits per heavy atom. The van der Waals surface area contributed by atoms with Crippen molar-refractivity contribution in [1.82, 2.24) is 61.5 Å². The van der Waals surface area contributed by atoms with E-state index in [4.69, 9.17) is 0 Å². The molecule has 10 heavy (non-hydrogen) atoms. The van der Waals surface area contributed by atoms with Crippen LogP contribution in [-0.2, 0) is 0 Å². The van der Waals surface area contributed by atoms with Gasteiger partial charge in [0.25, 0.3) is 0 Å². The van der Waals surface area contributed by atoms with E-state index in [2.05, 4.69) is 0 Å². The molecule has 0 aromatic carbocycles. The fourth-order valence-corrected chi connectivity index (χ4v) is 0. The molecule has 0 atom stereocenters. The largest absolute Gasteiger partial charge is 0.344 e. The highest BCUT2D eigenvalue weighted by Gasteiger charge is -0.335. The van der Waals surface area contributed by atoms with Gasteiger partial charge in [0.1, 0.15) is 0 Å². The molecule has 0 aliphatic heterocycles. The monoisotopic (exact) mass is 170 g/mol. The van der Waals surface area contributed by atoms with Gasteiger partial charge in [-0.15, -0.1) is 0 Å². The van der Waals surface area contributed by atoms with E-state index in [0.717, 1.165) is 0 Å². The van der Waals surface area contributed by atoms with E-state index in [1.165, 1.54) is 0 Å². The molecule has 0 aliphatic carbocycles. The van der Waals surface area contributed by atoms with Crippen molar-refractivity contribution in [2.45, 2.75) is 0 Å². The molecule has 30 N–H and O–H groups in total. The van der Waals surface area contributed by atoms with Crippen LogP contribution in [0.2, 0.25) is 0 Å². The third kappa shape index (κ3) is 2070. The van der Waals surface area contributed by atoms with Gasteiger partial charge >= 0.3 is 0 Å². The first-order chi connectivity index (χ1) is 0. The fourth-order valence-electron chi connectivity index (χ4n) is 0. The Morgan fingerprint density at radius 1 is 0.100 bits per heavy atom. The van der Waals surface area contributed by atoms with Gasteiger partial charge in [-0.05, 0) is 0 Å². The van der Waals surface area contributed by atoms with Crippen LogP contribution in [0.4, 0.5) is 0 Å². The van der Waals surface area contributed by atoms with Crippen molar-refractivity contribution in [3.63, 3.8) is 0 Å². The molecule has 0 unspecified atom stereocenters.